The number of alkyl halides is 3. The Balaban J connectivity index is 1.85. The molecule has 1 amide bonds. The van der Waals surface area contributed by atoms with Crippen LogP contribution in [0.5, 0.6) is 5.75 Å². The molecule has 1 atom stereocenters. The SMILES string of the molecule is CS(=O)(=O)N1CCC(C(=O)Nc2ccc(Cl)c(C(F)(F)F)c2)Oc2ccccc21. The first-order chi connectivity index (χ1) is 13.5. The fourth-order valence-electron chi connectivity index (χ4n) is 2.90. The summed E-state index contributed by atoms with van der Waals surface area (Å²) in [5.74, 6) is -0.520. The van der Waals surface area contributed by atoms with Crippen molar-refractivity contribution in [1.82, 2.24) is 0 Å². The quantitative estimate of drug-likeness (QED) is 0.772. The number of carbonyl (C=O) groups is 1. The van der Waals surface area contributed by atoms with Crippen LogP contribution in [0.4, 0.5) is 24.5 Å². The molecule has 0 saturated heterocycles. The standard InChI is InChI=1S/C18H16ClF3N2O4S/c1-29(26,27)24-9-8-16(28-15-5-3-2-4-14(15)24)17(25)23-11-6-7-13(19)12(10-11)18(20,21)22/h2-7,10,16H,8-9H2,1H3,(H,23,25). The molecule has 156 valence electrons. The summed E-state index contributed by atoms with van der Waals surface area (Å²) in [6, 6.07) is 9.32. The molecular formula is C18H16ClF3N2O4S. The number of fused-ring (bicyclic) bond motifs is 1. The highest BCUT2D eigenvalue weighted by Crippen LogP contribution is 2.37. The van der Waals surface area contributed by atoms with E-state index in [1.807, 2.05) is 0 Å². The monoisotopic (exact) mass is 448 g/mol. The van der Waals surface area contributed by atoms with Gasteiger partial charge >= 0.3 is 6.18 Å². The molecule has 6 nitrogen and oxygen atoms in total. The van der Waals surface area contributed by atoms with Crippen molar-refractivity contribution in [2.24, 2.45) is 0 Å². The van der Waals surface area contributed by atoms with E-state index < -0.39 is 38.8 Å². The van der Waals surface area contributed by atoms with Crippen molar-refractivity contribution >= 4 is 38.9 Å². The van der Waals surface area contributed by atoms with Crippen LogP contribution in [0.2, 0.25) is 5.02 Å². The molecule has 0 aliphatic carbocycles. The zero-order chi connectivity index (χ0) is 21.4. The van der Waals surface area contributed by atoms with Crippen molar-refractivity contribution < 1.29 is 31.1 Å². The molecule has 1 heterocycles. The lowest BCUT2D eigenvalue weighted by atomic mass is 10.1. The minimum absolute atomic E-state index is 0.00724. The summed E-state index contributed by atoms with van der Waals surface area (Å²) in [4.78, 5) is 12.6. The lowest BCUT2D eigenvalue weighted by molar-refractivity contribution is -0.137. The Hall–Kier alpha value is -2.46. The van der Waals surface area contributed by atoms with Crippen LogP contribution < -0.4 is 14.4 Å². The number of hydrogen-bond donors (Lipinski definition) is 1. The smallest absolute Gasteiger partial charge is 0.417 e. The number of carbonyl (C=O) groups excluding carboxylic acids is 1. The van der Waals surface area contributed by atoms with E-state index in [0.717, 1.165) is 22.7 Å². The third-order valence-electron chi connectivity index (χ3n) is 4.23. The number of nitrogens with zero attached hydrogens (tertiary/aromatic N) is 1. The number of amides is 1. The summed E-state index contributed by atoms with van der Waals surface area (Å²) in [7, 11) is -3.62. The third-order valence-corrected chi connectivity index (χ3v) is 5.74. The summed E-state index contributed by atoms with van der Waals surface area (Å²) in [5.41, 5.74) is -0.892. The number of benzene rings is 2. The van der Waals surface area contributed by atoms with Crippen LogP contribution in [-0.4, -0.2) is 33.2 Å². The highest BCUT2D eigenvalue weighted by atomic mass is 35.5. The van der Waals surface area contributed by atoms with Gasteiger partial charge in [-0.1, -0.05) is 23.7 Å². The van der Waals surface area contributed by atoms with Crippen molar-refractivity contribution in [1.29, 1.82) is 0 Å². The number of ether oxygens (including phenoxy) is 1. The highest BCUT2D eigenvalue weighted by Gasteiger charge is 2.34. The molecule has 1 N–H and O–H groups in total. The second-order valence-electron chi connectivity index (χ2n) is 6.38. The molecule has 29 heavy (non-hydrogen) atoms. The first-order valence-corrected chi connectivity index (χ1v) is 10.6. The van der Waals surface area contributed by atoms with Crippen LogP contribution >= 0.6 is 11.6 Å². The average molecular weight is 449 g/mol. The molecule has 0 radical (unpaired) electrons. The van der Waals surface area contributed by atoms with Gasteiger partial charge in [-0.15, -0.1) is 0 Å². The number of sulfonamides is 1. The topological polar surface area (TPSA) is 75.7 Å². The molecule has 1 aliphatic heterocycles. The van der Waals surface area contributed by atoms with Gasteiger partial charge in [0.05, 0.1) is 22.5 Å². The zero-order valence-corrected chi connectivity index (χ0v) is 16.6. The van der Waals surface area contributed by atoms with Gasteiger partial charge in [-0.05, 0) is 30.3 Å². The summed E-state index contributed by atoms with van der Waals surface area (Å²) in [6.07, 6.45) is -4.73. The Morgan fingerprint density at radius 1 is 1.24 bits per heavy atom. The number of halogens is 4. The van der Waals surface area contributed by atoms with E-state index in [9.17, 15) is 26.4 Å². The van der Waals surface area contributed by atoms with Crippen LogP contribution in [0.25, 0.3) is 0 Å². The fraction of sp³-hybridized carbons (Fsp3) is 0.278. The molecule has 2 aromatic carbocycles. The van der Waals surface area contributed by atoms with Gasteiger partial charge in [0.25, 0.3) is 5.91 Å². The van der Waals surface area contributed by atoms with Gasteiger partial charge in [-0.25, -0.2) is 8.42 Å². The maximum absolute atomic E-state index is 13.0. The molecule has 0 bridgehead atoms. The number of para-hydroxylation sites is 2. The van der Waals surface area contributed by atoms with E-state index in [1.54, 1.807) is 18.2 Å². The molecule has 0 spiro atoms. The summed E-state index contributed by atoms with van der Waals surface area (Å²) in [5, 5.41) is 1.89. The fourth-order valence-corrected chi connectivity index (χ4v) is 4.07. The first kappa shape index (κ1) is 21.3. The zero-order valence-electron chi connectivity index (χ0n) is 15.0. The molecule has 1 aliphatic rings. The molecule has 2 aromatic rings. The van der Waals surface area contributed by atoms with E-state index in [-0.39, 0.29) is 30.1 Å². The van der Waals surface area contributed by atoms with E-state index in [0.29, 0.717) is 0 Å². The predicted octanol–water partition coefficient (Wildman–Crippen LogP) is 3.91. The molecular weight excluding hydrogens is 433 g/mol. The summed E-state index contributed by atoms with van der Waals surface area (Å²) in [6.45, 7) is -0.0254. The largest absolute Gasteiger partial charge is 0.478 e. The van der Waals surface area contributed by atoms with Crippen LogP contribution in [0.15, 0.2) is 42.5 Å². The molecule has 3 rings (SSSR count). The van der Waals surface area contributed by atoms with Gasteiger partial charge in [-0.3, -0.25) is 9.10 Å². The normalized spacial score (nSPS) is 17.1. The van der Waals surface area contributed by atoms with Crippen molar-refractivity contribution in [3.05, 3.63) is 53.1 Å². The maximum Gasteiger partial charge on any atom is 0.417 e. The lowest BCUT2D eigenvalue weighted by Gasteiger charge is -2.20. The van der Waals surface area contributed by atoms with Crippen LogP contribution in [0.1, 0.15) is 12.0 Å². The number of rotatable bonds is 3. The average Bonchev–Trinajstić information content (AvgIpc) is 2.82. The Bertz CT molecular complexity index is 1040. The molecule has 0 fully saturated rings. The Kier molecular flexibility index (Phi) is 5.68. The number of hydrogen-bond acceptors (Lipinski definition) is 4. The van der Waals surface area contributed by atoms with Crippen molar-refractivity contribution in [2.75, 3.05) is 22.4 Å². The minimum Gasteiger partial charge on any atom is -0.478 e. The molecule has 0 saturated carbocycles. The number of anilines is 2. The van der Waals surface area contributed by atoms with E-state index in [1.165, 1.54) is 12.1 Å². The summed E-state index contributed by atoms with van der Waals surface area (Å²) < 4.78 is 70.0. The molecule has 0 aromatic heterocycles. The molecule has 11 heteroatoms. The van der Waals surface area contributed by atoms with Gasteiger partial charge in [0.15, 0.2) is 6.10 Å². The Morgan fingerprint density at radius 3 is 2.59 bits per heavy atom. The van der Waals surface area contributed by atoms with Gasteiger partial charge in [-0.2, -0.15) is 13.2 Å². The predicted molar refractivity (Wildman–Crippen MR) is 103 cm³/mol. The highest BCUT2D eigenvalue weighted by molar-refractivity contribution is 7.92. The summed E-state index contributed by atoms with van der Waals surface area (Å²) >= 11 is 5.58. The van der Waals surface area contributed by atoms with Crippen LogP contribution in [0, 0.1) is 0 Å². The molecule has 1 unspecified atom stereocenters. The van der Waals surface area contributed by atoms with E-state index >= 15 is 0 Å². The maximum atomic E-state index is 13.0. The van der Waals surface area contributed by atoms with Gasteiger partial charge in [0.2, 0.25) is 10.0 Å². The van der Waals surface area contributed by atoms with Gasteiger partial charge in [0.1, 0.15) is 5.75 Å². The van der Waals surface area contributed by atoms with Crippen molar-refractivity contribution in [2.45, 2.75) is 18.7 Å². The second-order valence-corrected chi connectivity index (χ2v) is 8.69. The lowest BCUT2D eigenvalue weighted by Crippen LogP contribution is -2.36. The number of nitrogens with one attached hydrogen (secondary N) is 1. The van der Waals surface area contributed by atoms with E-state index in [4.69, 9.17) is 16.3 Å². The Labute approximate surface area is 170 Å². The van der Waals surface area contributed by atoms with Crippen molar-refractivity contribution in [3.8, 4) is 5.75 Å². The van der Waals surface area contributed by atoms with Gasteiger partial charge in [0, 0.05) is 18.7 Å². The minimum atomic E-state index is -4.68. The van der Waals surface area contributed by atoms with E-state index in [2.05, 4.69) is 5.32 Å². The first-order valence-electron chi connectivity index (χ1n) is 8.38. The van der Waals surface area contributed by atoms with Crippen LogP contribution in [0.3, 0.4) is 0 Å². The third kappa shape index (κ3) is 4.76. The van der Waals surface area contributed by atoms with Crippen molar-refractivity contribution in [3.63, 3.8) is 0 Å². The van der Waals surface area contributed by atoms with Crippen LogP contribution in [-0.2, 0) is 21.0 Å². The Morgan fingerprint density at radius 2 is 1.93 bits per heavy atom. The second kappa shape index (κ2) is 7.75. The van der Waals surface area contributed by atoms with Gasteiger partial charge < -0.3 is 10.1 Å².